The van der Waals surface area contributed by atoms with E-state index in [-0.39, 0.29) is 12.1 Å². The van der Waals surface area contributed by atoms with Gasteiger partial charge >= 0.3 is 0 Å². The van der Waals surface area contributed by atoms with E-state index in [4.69, 9.17) is 0 Å². The van der Waals surface area contributed by atoms with E-state index in [9.17, 15) is 5.11 Å². The van der Waals surface area contributed by atoms with E-state index in [0.717, 1.165) is 18.5 Å². The number of hydrogen-bond acceptors (Lipinski definition) is 2. The van der Waals surface area contributed by atoms with Crippen molar-refractivity contribution >= 4 is 0 Å². The highest BCUT2D eigenvalue weighted by molar-refractivity contribution is 5.35. The summed E-state index contributed by atoms with van der Waals surface area (Å²) >= 11 is 0. The van der Waals surface area contributed by atoms with Crippen LogP contribution in [-0.4, -0.2) is 28.6 Å². The molecule has 0 bridgehead atoms. The topological polar surface area (TPSA) is 23.5 Å². The normalized spacial score (nSPS) is 25.4. The second kappa shape index (κ2) is 7.42. The lowest BCUT2D eigenvalue weighted by molar-refractivity contribution is 0.0138. The molecule has 3 unspecified atom stereocenters. The van der Waals surface area contributed by atoms with Gasteiger partial charge in [-0.2, -0.15) is 0 Å². The molecule has 0 spiro atoms. The molecule has 21 heavy (non-hydrogen) atoms. The first kappa shape index (κ1) is 16.5. The average Bonchev–Trinajstić information content (AvgIpc) is 2.48. The third-order valence-corrected chi connectivity index (χ3v) is 4.91. The maximum Gasteiger partial charge on any atom is 0.0948 e. The SMILES string of the molecule is CCCCCN(C(C)C)C1CC(C)c2ccccc2C1O. The van der Waals surface area contributed by atoms with Gasteiger partial charge in [0.2, 0.25) is 0 Å². The van der Waals surface area contributed by atoms with Crippen molar-refractivity contribution in [2.75, 3.05) is 6.54 Å². The van der Waals surface area contributed by atoms with Gasteiger partial charge in [0.05, 0.1) is 6.10 Å². The molecule has 0 saturated carbocycles. The van der Waals surface area contributed by atoms with Crippen LogP contribution in [0.15, 0.2) is 24.3 Å². The van der Waals surface area contributed by atoms with Crippen molar-refractivity contribution in [2.45, 2.75) is 77.5 Å². The van der Waals surface area contributed by atoms with Gasteiger partial charge in [-0.3, -0.25) is 4.90 Å². The average molecular weight is 289 g/mol. The van der Waals surface area contributed by atoms with Crippen LogP contribution in [0.2, 0.25) is 0 Å². The second-order valence-electron chi connectivity index (χ2n) is 6.82. The van der Waals surface area contributed by atoms with Gasteiger partial charge in [0, 0.05) is 12.1 Å². The summed E-state index contributed by atoms with van der Waals surface area (Å²) in [7, 11) is 0. The molecule has 2 nitrogen and oxygen atoms in total. The van der Waals surface area contributed by atoms with Crippen molar-refractivity contribution in [1.29, 1.82) is 0 Å². The summed E-state index contributed by atoms with van der Waals surface area (Å²) in [6.45, 7) is 10.1. The van der Waals surface area contributed by atoms with Crippen LogP contribution in [-0.2, 0) is 0 Å². The van der Waals surface area contributed by atoms with Crippen LogP contribution >= 0.6 is 0 Å². The zero-order chi connectivity index (χ0) is 15.4. The van der Waals surface area contributed by atoms with Gasteiger partial charge in [-0.1, -0.05) is 51.0 Å². The van der Waals surface area contributed by atoms with Gasteiger partial charge in [0.15, 0.2) is 0 Å². The summed E-state index contributed by atoms with van der Waals surface area (Å²) < 4.78 is 0. The zero-order valence-corrected chi connectivity index (χ0v) is 14.0. The first-order valence-corrected chi connectivity index (χ1v) is 8.58. The lowest BCUT2D eigenvalue weighted by atomic mass is 9.78. The summed E-state index contributed by atoms with van der Waals surface area (Å²) in [5.74, 6) is 0.530. The van der Waals surface area contributed by atoms with Crippen molar-refractivity contribution in [3.63, 3.8) is 0 Å². The molecule has 0 heterocycles. The number of unbranched alkanes of at least 4 members (excludes halogenated alkanes) is 2. The fourth-order valence-corrected chi connectivity index (χ4v) is 3.72. The highest BCUT2D eigenvalue weighted by atomic mass is 16.3. The van der Waals surface area contributed by atoms with E-state index >= 15 is 0 Å². The van der Waals surface area contributed by atoms with E-state index < -0.39 is 0 Å². The molecule has 0 radical (unpaired) electrons. The van der Waals surface area contributed by atoms with Crippen LogP contribution in [0.4, 0.5) is 0 Å². The fraction of sp³-hybridized carbons (Fsp3) is 0.684. The van der Waals surface area contributed by atoms with E-state index in [1.54, 1.807) is 0 Å². The molecule has 1 aliphatic rings. The van der Waals surface area contributed by atoms with Gasteiger partial charge in [-0.15, -0.1) is 0 Å². The zero-order valence-electron chi connectivity index (χ0n) is 14.0. The molecule has 1 aromatic rings. The molecule has 118 valence electrons. The molecule has 1 aliphatic carbocycles. The van der Waals surface area contributed by atoms with Crippen molar-refractivity contribution in [3.05, 3.63) is 35.4 Å². The second-order valence-corrected chi connectivity index (χ2v) is 6.82. The third kappa shape index (κ3) is 3.67. The Balaban J connectivity index is 2.18. The quantitative estimate of drug-likeness (QED) is 0.780. The Hall–Kier alpha value is -0.860. The van der Waals surface area contributed by atoms with Gasteiger partial charge in [-0.05, 0) is 50.3 Å². The predicted molar refractivity (Wildman–Crippen MR) is 89.6 cm³/mol. The molecule has 0 fully saturated rings. The standard InChI is InChI=1S/C19H31NO/c1-5-6-9-12-20(14(2)3)18-13-15(4)16-10-7-8-11-17(16)19(18)21/h7-8,10-11,14-15,18-19,21H,5-6,9,12-13H2,1-4H3. The van der Waals surface area contributed by atoms with Crippen LogP contribution in [0.1, 0.15) is 76.5 Å². The summed E-state index contributed by atoms with van der Waals surface area (Å²) in [6, 6.07) is 9.16. The van der Waals surface area contributed by atoms with E-state index in [2.05, 4.69) is 50.8 Å². The number of nitrogens with zero attached hydrogens (tertiary/aromatic N) is 1. The largest absolute Gasteiger partial charge is 0.387 e. The van der Waals surface area contributed by atoms with Crippen LogP contribution in [0.5, 0.6) is 0 Å². The van der Waals surface area contributed by atoms with Gasteiger partial charge in [0.1, 0.15) is 0 Å². The van der Waals surface area contributed by atoms with E-state index in [1.807, 2.05) is 6.07 Å². The molecular formula is C19H31NO. The Labute approximate surface area is 130 Å². The Morgan fingerprint density at radius 1 is 1.19 bits per heavy atom. The molecule has 2 rings (SSSR count). The first-order chi connectivity index (χ1) is 10.1. The van der Waals surface area contributed by atoms with Gasteiger partial charge < -0.3 is 5.11 Å². The van der Waals surface area contributed by atoms with E-state index in [1.165, 1.54) is 24.8 Å². The molecule has 0 saturated heterocycles. The van der Waals surface area contributed by atoms with Crippen LogP contribution < -0.4 is 0 Å². The van der Waals surface area contributed by atoms with Gasteiger partial charge in [0.25, 0.3) is 0 Å². The number of fused-ring (bicyclic) bond motifs is 1. The van der Waals surface area contributed by atoms with Crippen LogP contribution in [0.25, 0.3) is 0 Å². The minimum absolute atomic E-state index is 0.256. The maximum atomic E-state index is 10.9. The molecule has 3 atom stereocenters. The number of aliphatic hydroxyl groups is 1. The lowest BCUT2D eigenvalue weighted by Crippen LogP contribution is -2.47. The van der Waals surface area contributed by atoms with Crippen molar-refractivity contribution in [1.82, 2.24) is 4.90 Å². The lowest BCUT2D eigenvalue weighted by Gasteiger charge is -2.43. The Bertz CT molecular complexity index is 443. The number of aliphatic hydroxyl groups excluding tert-OH is 1. The highest BCUT2D eigenvalue weighted by Gasteiger charge is 2.35. The Morgan fingerprint density at radius 2 is 1.86 bits per heavy atom. The fourth-order valence-electron chi connectivity index (χ4n) is 3.72. The monoisotopic (exact) mass is 289 g/mol. The molecule has 2 heteroatoms. The van der Waals surface area contributed by atoms with Crippen molar-refractivity contribution < 1.29 is 5.11 Å². The third-order valence-electron chi connectivity index (χ3n) is 4.91. The molecule has 0 amide bonds. The summed E-state index contributed by atoms with van der Waals surface area (Å²) in [6.07, 6.45) is 4.47. The summed E-state index contributed by atoms with van der Waals surface area (Å²) in [5.41, 5.74) is 2.47. The molecule has 0 aliphatic heterocycles. The predicted octanol–water partition coefficient (Wildman–Crippen LogP) is 4.50. The molecular weight excluding hydrogens is 258 g/mol. The molecule has 1 N–H and O–H groups in total. The minimum Gasteiger partial charge on any atom is -0.387 e. The van der Waals surface area contributed by atoms with E-state index in [0.29, 0.717) is 12.0 Å². The van der Waals surface area contributed by atoms with Gasteiger partial charge in [-0.25, -0.2) is 0 Å². The first-order valence-electron chi connectivity index (χ1n) is 8.58. The number of rotatable bonds is 6. The summed E-state index contributed by atoms with van der Waals surface area (Å²) in [5, 5.41) is 10.9. The summed E-state index contributed by atoms with van der Waals surface area (Å²) in [4.78, 5) is 2.52. The van der Waals surface area contributed by atoms with Crippen molar-refractivity contribution in [2.24, 2.45) is 0 Å². The molecule has 1 aromatic carbocycles. The van der Waals surface area contributed by atoms with Crippen LogP contribution in [0, 0.1) is 0 Å². The highest BCUT2D eigenvalue weighted by Crippen LogP contribution is 2.40. The van der Waals surface area contributed by atoms with Crippen molar-refractivity contribution in [3.8, 4) is 0 Å². The smallest absolute Gasteiger partial charge is 0.0948 e. The number of hydrogen-bond donors (Lipinski definition) is 1. The Kier molecular flexibility index (Phi) is 5.83. The van der Waals surface area contributed by atoms with Crippen LogP contribution in [0.3, 0.4) is 0 Å². The molecule has 0 aromatic heterocycles. The maximum absolute atomic E-state index is 10.9. The Morgan fingerprint density at radius 3 is 2.48 bits per heavy atom. The number of benzene rings is 1. The minimum atomic E-state index is -0.346.